The number of para-hydroxylation sites is 1. The van der Waals surface area contributed by atoms with Gasteiger partial charge in [0.1, 0.15) is 5.76 Å². The molecule has 27 heavy (non-hydrogen) atoms. The number of likely N-dealkylation sites (tertiary alicyclic amines) is 1. The SMILES string of the molecule is Cc1noc(C)c1CCCN1CC[C@H]2[C@@H](C1)c1cccc3c1N2CCN3C. The lowest BCUT2D eigenvalue weighted by atomic mass is 9.89. The molecule has 0 saturated carbocycles. The summed E-state index contributed by atoms with van der Waals surface area (Å²) in [6.45, 7) is 9.98. The Morgan fingerprint density at radius 1 is 1.19 bits per heavy atom. The Morgan fingerprint density at radius 2 is 2.07 bits per heavy atom. The summed E-state index contributed by atoms with van der Waals surface area (Å²) in [5, 5.41) is 4.09. The van der Waals surface area contributed by atoms with E-state index < -0.39 is 0 Å². The smallest absolute Gasteiger partial charge is 0.137 e. The van der Waals surface area contributed by atoms with Gasteiger partial charge in [-0.3, -0.25) is 0 Å². The number of aryl methyl sites for hydroxylation is 2. The van der Waals surface area contributed by atoms with Crippen molar-refractivity contribution in [2.75, 3.05) is 49.6 Å². The van der Waals surface area contributed by atoms with Gasteiger partial charge in [0.25, 0.3) is 0 Å². The zero-order valence-electron chi connectivity index (χ0n) is 16.7. The second kappa shape index (κ2) is 6.55. The normalized spacial score (nSPS) is 24.3. The van der Waals surface area contributed by atoms with Crippen LogP contribution in [0.5, 0.6) is 0 Å². The molecular weight excluding hydrogens is 336 g/mol. The van der Waals surface area contributed by atoms with Gasteiger partial charge >= 0.3 is 0 Å². The fraction of sp³-hybridized carbons (Fsp3) is 0.591. The first-order valence-electron chi connectivity index (χ1n) is 10.4. The van der Waals surface area contributed by atoms with Crippen molar-refractivity contribution in [1.29, 1.82) is 0 Å². The van der Waals surface area contributed by atoms with Crippen LogP contribution in [0, 0.1) is 13.8 Å². The van der Waals surface area contributed by atoms with Crippen molar-refractivity contribution in [3.05, 3.63) is 40.8 Å². The number of hydrogen-bond donors (Lipinski definition) is 0. The molecule has 3 aliphatic heterocycles. The van der Waals surface area contributed by atoms with Gasteiger partial charge in [0.2, 0.25) is 0 Å². The van der Waals surface area contributed by atoms with E-state index in [1.165, 1.54) is 56.0 Å². The zero-order valence-corrected chi connectivity index (χ0v) is 16.7. The molecule has 5 nitrogen and oxygen atoms in total. The van der Waals surface area contributed by atoms with Gasteiger partial charge in [-0.2, -0.15) is 0 Å². The first-order chi connectivity index (χ1) is 13.1. The number of anilines is 2. The third-order valence-electron chi connectivity index (χ3n) is 6.96. The van der Waals surface area contributed by atoms with E-state index in [0.29, 0.717) is 12.0 Å². The van der Waals surface area contributed by atoms with E-state index in [1.54, 1.807) is 5.56 Å². The number of piperidine rings is 1. The zero-order chi connectivity index (χ0) is 18.5. The highest BCUT2D eigenvalue weighted by molar-refractivity contribution is 5.80. The Bertz CT molecular complexity index is 825. The molecule has 3 aliphatic rings. The van der Waals surface area contributed by atoms with E-state index in [-0.39, 0.29) is 0 Å². The van der Waals surface area contributed by atoms with Crippen molar-refractivity contribution in [2.45, 2.75) is 45.1 Å². The molecule has 144 valence electrons. The minimum absolute atomic E-state index is 0.666. The van der Waals surface area contributed by atoms with Crippen LogP contribution in [0.4, 0.5) is 11.4 Å². The minimum atomic E-state index is 0.666. The van der Waals surface area contributed by atoms with Crippen LogP contribution in [0.25, 0.3) is 0 Å². The van der Waals surface area contributed by atoms with Crippen LogP contribution >= 0.6 is 0 Å². The highest BCUT2D eigenvalue weighted by Crippen LogP contribution is 2.50. The van der Waals surface area contributed by atoms with Gasteiger partial charge in [-0.15, -0.1) is 0 Å². The number of likely N-dealkylation sites (N-methyl/N-ethyl adjacent to an activating group) is 1. The van der Waals surface area contributed by atoms with E-state index in [1.807, 2.05) is 6.92 Å². The second-order valence-electron chi connectivity index (χ2n) is 8.50. The number of hydrogen-bond acceptors (Lipinski definition) is 5. The van der Waals surface area contributed by atoms with Crippen LogP contribution in [0.1, 0.15) is 41.3 Å². The van der Waals surface area contributed by atoms with Crippen molar-refractivity contribution in [3.63, 3.8) is 0 Å². The molecule has 0 unspecified atom stereocenters. The summed E-state index contributed by atoms with van der Waals surface area (Å²) in [6, 6.07) is 7.63. The number of fused-ring (bicyclic) bond motifs is 3. The molecule has 0 radical (unpaired) electrons. The summed E-state index contributed by atoms with van der Waals surface area (Å²) in [4.78, 5) is 7.82. The number of benzene rings is 1. The summed E-state index contributed by atoms with van der Waals surface area (Å²) in [5.74, 6) is 1.65. The lowest BCUT2D eigenvalue weighted by molar-refractivity contribution is 0.191. The number of nitrogens with zero attached hydrogens (tertiary/aromatic N) is 4. The largest absolute Gasteiger partial charge is 0.371 e. The summed E-state index contributed by atoms with van der Waals surface area (Å²) in [7, 11) is 2.23. The van der Waals surface area contributed by atoms with Crippen molar-refractivity contribution < 1.29 is 4.52 Å². The molecule has 0 amide bonds. The lowest BCUT2D eigenvalue weighted by Crippen LogP contribution is -2.49. The summed E-state index contributed by atoms with van der Waals surface area (Å²) in [6.07, 6.45) is 3.54. The fourth-order valence-corrected chi connectivity index (χ4v) is 5.52. The summed E-state index contributed by atoms with van der Waals surface area (Å²) < 4.78 is 5.31. The third kappa shape index (κ3) is 2.75. The van der Waals surface area contributed by atoms with Crippen molar-refractivity contribution >= 4 is 11.4 Å². The van der Waals surface area contributed by atoms with E-state index in [2.05, 4.69) is 52.0 Å². The van der Waals surface area contributed by atoms with Crippen LogP contribution in [-0.4, -0.2) is 55.9 Å². The Morgan fingerprint density at radius 3 is 2.89 bits per heavy atom. The predicted molar refractivity (Wildman–Crippen MR) is 109 cm³/mol. The van der Waals surface area contributed by atoms with Gasteiger partial charge in [0.05, 0.1) is 17.1 Å². The second-order valence-corrected chi connectivity index (χ2v) is 8.50. The average molecular weight is 367 g/mol. The average Bonchev–Trinajstić information content (AvgIpc) is 3.17. The Labute approximate surface area is 161 Å². The molecule has 0 bridgehead atoms. The van der Waals surface area contributed by atoms with Crippen LogP contribution in [0.2, 0.25) is 0 Å². The summed E-state index contributed by atoms with van der Waals surface area (Å²) >= 11 is 0. The van der Waals surface area contributed by atoms with Gasteiger partial charge in [-0.1, -0.05) is 17.3 Å². The molecule has 1 aromatic heterocycles. The monoisotopic (exact) mass is 366 g/mol. The van der Waals surface area contributed by atoms with Gasteiger partial charge in [0, 0.05) is 50.7 Å². The molecular formula is C22H30N4O. The molecule has 1 aromatic carbocycles. The molecule has 5 rings (SSSR count). The topological polar surface area (TPSA) is 35.8 Å². The first kappa shape index (κ1) is 17.1. The number of rotatable bonds is 4. The third-order valence-corrected chi connectivity index (χ3v) is 6.96. The van der Waals surface area contributed by atoms with E-state index >= 15 is 0 Å². The van der Waals surface area contributed by atoms with Gasteiger partial charge < -0.3 is 19.2 Å². The molecule has 1 saturated heterocycles. The van der Waals surface area contributed by atoms with E-state index in [9.17, 15) is 0 Å². The maximum absolute atomic E-state index is 5.31. The highest BCUT2D eigenvalue weighted by atomic mass is 16.5. The molecule has 0 spiro atoms. The molecule has 4 heterocycles. The molecule has 2 atom stereocenters. The van der Waals surface area contributed by atoms with Gasteiger partial charge in [-0.25, -0.2) is 0 Å². The van der Waals surface area contributed by atoms with Gasteiger partial charge in [-0.05, 0) is 51.3 Å². The number of aromatic nitrogens is 1. The fourth-order valence-electron chi connectivity index (χ4n) is 5.52. The Hall–Kier alpha value is -2.01. The van der Waals surface area contributed by atoms with Crippen LogP contribution < -0.4 is 9.80 Å². The quantitative estimate of drug-likeness (QED) is 0.829. The minimum Gasteiger partial charge on any atom is -0.371 e. The van der Waals surface area contributed by atoms with Crippen LogP contribution in [0.3, 0.4) is 0 Å². The predicted octanol–water partition coefficient (Wildman–Crippen LogP) is 3.35. The van der Waals surface area contributed by atoms with E-state index in [4.69, 9.17) is 4.52 Å². The highest BCUT2D eigenvalue weighted by Gasteiger charge is 2.44. The molecule has 0 N–H and O–H groups in total. The lowest BCUT2D eigenvalue weighted by Gasteiger charge is -2.41. The first-order valence-corrected chi connectivity index (χ1v) is 10.4. The van der Waals surface area contributed by atoms with E-state index in [0.717, 1.165) is 24.4 Å². The molecule has 5 heteroatoms. The van der Waals surface area contributed by atoms with Crippen molar-refractivity contribution in [2.24, 2.45) is 0 Å². The molecule has 0 aliphatic carbocycles. The van der Waals surface area contributed by atoms with Gasteiger partial charge in [0.15, 0.2) is 0 Å². The van der Waals surface area contributed by atoms with Crippen molar-refractivity contribution in [1.82, 2.24) is 10.1 Å². The maximum atomic E-state index is 5.31. The standard InChI is InChI=1S/C22H30N4O/c1-15-17(16(2)27-23-15)7-5-10-25-11-9-20-19(14-25)18-6-4-8-21-22(18)26(20)13-12-24(21)3/h4,6,8,19-20H,5,7,9-14H2,1-3H3/t19-,20-/m0/s1. The summed E-state index contributed by atoms with van der Waals surface area (Å²) in [5.41, 5.74) is 6.90. The Kier molecular flexibility index (Phi) is 4.15. The van der Waals surface area contributed by atoms with Crippen LogP contribution in [0.15, 0.2) is 22.7 Å². The van der Waals surface area contributed by atoms with Crippen LogP contribution in [-0.2, 0) is 6.42 Å². The molecule has 1 fully saturated rings. The Balaban J connectivity index is 1.28. The molecule has 2 aromatic rings. The maximum Gasteiger partial charge on any atom is 0.137 e. The van der Waals surface area contributed by atoms with Crippen molar-refractivity contribution in [3.8, 4) is 0 Å².